The van der Waals surface area contributed by atoms with Gasteiger partial charge in [-0.15, -0.1) is 11.5 Å². The SMILES string of the molecule is Nc1ccc(Br)cn1.O=C(O)c1cnc2nc[c-]cc2c1.O=C(O)c1cnc2ncc(Br)cc2c1.O=CC(O)(CO)CO.[Y]. The first-order valence-corrected chi connectivity index (χ1v) is 13.3. The number of rotatable bonds is 5. The molecule has 0 unspecified atom stereocenters. The average Bonchev–Trinajstić information content (AvgIpc) is 3.02. The van der Waals surface area contributed by atoms with E-state index in [0.717, 1.165) is 8.95 Å². The predicted molar refractivity (Wildman–Crippen MR) is 161 cm³/mol. The number of carbonyl (C=O) groups is 3. The van der Waals surface area contributed by atoms with Crippen molar-refractivity contribution in [1.82, 2.24) is 24.9 Å². The monoisotopic (exact) mass is 806 g/mol. The van der Waals surface area contributed by atoms with Gasteiger partial charge in [0.15, 0.2) is 17.5 Å². The molecule has 0 aliphatic rings. The van der Waals surface area contributed by atoms with E-state index in [9.17, 15) is 14.4 Å². The number of carboxylic acids is 2. The molecule has 0 aliphatic carbocycles. The van der Waals surface area contributed by atoms with Crippen molar-refractivity contribution in [2.75, 3.05) is 18.9 Å². The molecule has 44 heavy (non-hydrogen) atoms. The van der Waals surface area contributed by atoms with Crippen LogP contribution >= 0.6 is 31.9 Å². The van der Waals surface area contributed by atoms with Gasteiger partial charge in [0.2, 0.25) is 0 Å². The zero-order valence-corrected chi connectivity index (χ0v) is 28.5. The summed E-state index contributed by atoms with van der Waals surface area (Å²) in [7, 11) is 0. The molecule has 5 rings (SSSR count). The number of halogens is 2. The Labute approximate surface area is 291 Å². The normalized spacial score (nSPS) is 10.0. The third-order valence-corrected chi connectivity index (χ3v) is 5.81. The van der Waals surface area contributed by atoms with Crippen molar-refractivity contribution >= 4 is 78.0 Å². The van der Waals surface area contributed by atoms with Gasteiger partial charge >= 0.3 is 11.9 Å². The van der Waals surface area contributed by atoms with Gasteiger partial charge in [0.1, 0.15) is 5.82 Å². The fourth-order valence-corrected chi connectivity index (χ4v) is 3.24. The maximum absolute atomic E-state index is 10.7. The number of nitrogens with zero attached hydrogens (tertiary/aromatic N) is 5. The fraction of sp³-hybridized carbons (Fsp3) is 0.111. The number of aliphatic hydroxyl groups is 3. The molecule has 0 saturated carbocycles. The third-order valence-electron chi connectivity index (χ3n) is 4.91. The third kappa shape index (κ3) is 12.7. The molecule has 227 valence electrons. The van der Waals surface area contributed by atoms with E-state index < -0.39 is 30.8 Å². The van der Waals surface area contributed by atoms with Crippen molar-refractivity contribution in [2.45, 2.75) is 5.60 Å². The summed E-state index contributed by atoms with van der Waals surface area (Å²) in [5.74, 6) is -1.43. The van der Waals surface area contributed by atoms with Gasteiger partial charge in [-0.3, -0.25) is 14.8 Å². The number of fused-ring (bicyclic) bond motifs is 2. The van der Waals surface area contributed by atoms with Crippen LogP contribution < -0.4 is 5.73 Å². The summed E-state index contributed by atoms with van der Waals surface area (Å²) in [5, 5.41) is 43.7. The Morgan fingerprint density at radius 2 is 1.34 bits per heavy atom. The maximum Gasteiger partial charge on any atom is 0.337 e. The second-order valence-corrected chi connectivity index (χ2v) is 10.0. The Balaban J connectivity index is 0.000000301. The van der Waals surface area contributed by atoms with Crippen LogP contribution in [-0.4, -0.2) is 87.5 Å². The van der Waals surface area contributed by atoms with Crippen molar-refractivity contribution in [3.05, 3.63) is 93.5 Å². The maximum atomic E-state index is 10.7. The zero-order chi connectivity index (χ0) is 32.0. The minimum absolute atomic E-state index is 0. The number of nitrogens with two attached hydrogens (primary N) is 1. The minimum atomic E-state index is -1.94. The number of carboxylic acid groups (broad SMARTS) is 2. The number of aromatic carboxylic acids is 2. The summed E-state index contributed by atoms with van der Waals surface area (Å²) in [6, 6.07) is 12.8. The molecule has 0 aromatic carbocycles. The van der Waals surface area contributed by atoms with Crippen molar-refractivity contribution in [1.29, 1.82) is 0 Å². The van der Waals surface area contributed by atoms with Gasteiger partial charge in [0.05, 0.1) is 30.0 Å². The number of hydrogen-bond donors (Lipinski definition) is 6. The van der Waals surface area contributed by atoms with E-state index in [-0.39, 0.29) is 50.1 Å². The molecule has 0 bridgehead atoms. The number of aliphatic hydroxyl groups excluding tert-OH is 2. The summed E-state index contributed by atoms with van der Waals surface area (Å²) >= 11 is 6.48. The van der Waals surface area contributed by atoms with Crippen LogP contribution in [0.3, 0.4) is 0 Å². The summed E-state index contributed by atoms with van der Waals surface area (Å²) in [6.45, 7) is -1.49. The van der Waals surface area contributed by atoms with Crippen LogP contribution in [0.25, 0.3) is 22.1 Å². The van der Waals surface area contributed by atoms with Crippen molar-refractivity contribution in [3.63, 3.8) is 0 Å². The van der Waals surface area contributed by atoms with Crippen molar-refractivity contribution in [3.8, 4) is 0 Å². The van der Waals surface area contributed by atoms with Gasteiger partial charge < -0.3 is 31.3 Å². The Morgan fingerprint density at radius 3 is 1.80 bits per heavy atom. The smallest absolute Gasteiger partial charge is 0.337 e. The van der Waals surface area contributed by atoms with Crippen molar-refractivity contribution in [2.24, 2.45) is 0 Å². The quantitative estimate of drug-likeness (QED) is 0.111. The molecule has 5 aromatic heterocycles. The van der Waals surface area contributed by atoms with Gasteiger partial charge in [0.25, 0.3) is 0 Å². The van der Waals surface area contributed by atoms with E-state index in [2.05, 4.69) is 62.8 Å². The van der Waals surface area contributed by atoms with Gasteiger partial charge in [-0.05, 0) is 56.1 Å². The number of carbonyl (C=O) groups excluding carboxylic acids is 1. The molecule has 0 aliphatic heterocycles. The summed E-state index contributed by atoms with van der Waals surface area (Å²) in [6.07, 6.45) is 7.47. The van der Waals surface area contributed by atoms with Crippen LogP contribution in [0.1, 0.15) is 20.7 Å². The molecule has 0 fully saturated rings. The van der Waals surface area contributed by atoms with E-state index in [1.54, 1.807) is 36.7 Å². The van der Waals surface area contributed by atoms with E-state index in [1.807, 2.05) is 6.07 Å². The molecular weight excluding hydrogens is 785 g/mol. The first-order valence-electron chi connectivity index (χ1n) is 11.7. The summed E-state index contributed by atoms with van der Waals surface area (Å²) in [5.41, 5.74) is 4.75. The number of nitrogen functional groups attached to an aromatic ring is 1. The molecule has 0 saturated heterocycles. The first kappa shape index (κ1) is 38.6. The number of pyridine rings is 5. The van der Waals surface area contributed by atoms with E-state index in [0.29, 0.717) is 27.9 Å². The molecule has 5 aromatic rings. The fourth-order valence-electron chi connectivity index (χ4n) is 2.66. The van der Waals surface area contributed by atoms with Gasteiger partial charge in [0, 0.05) is 71.8 Å². The Bertz CT molecular complexity index is 1670. The van der Waals surface area contributed by atoms with Gasteiger partial charge in [-0.1, -0.05) is 6.20 Å². The summed E-state index contributed by atoms with van der Waals surface area (Å²) < 4.78 is 1.75. The number of anilines is 1. The average molecular weight is 808 g/mol. The van der Waals surface area contributed by atoms with Crippen LogP contribution in [0, 0.1) is 6.07 Å². The summed E-state index contributed by atoms with van der Waals surface area (Å²) in [4.78, 5) is 50.5. The van der Waals surface area contributed by atoms with E-state index in [4.69, 9.17) is 31.3 Å². The molecule has 0 amide bonds. The molecule has 0 atom stereocenters. The van der Waals surface area contributed by atoms with Crippen LogP contribution in [-0.2, 0) is 37.5 Å². The molecule has 14 nitrogen and oxygen atoms in total. The Morgan fingerprint density at radius 1 is 0.818 bits per heavy atom. The van der Waals surface area contributed by atoms with E-state index >= 15 is 0 Å². The minimum Gasteiger partial charge on any atom is -0.478 e. The second-order valence-electron chi connectivity index (χ2n) is 8.18. The topological polar surface area (TPSA) is 243 Å². The number of aldehydes is 1. The van der Waals surface area contributed by atoms with Crippen molar-refractivity contribution < 1.29 is 72.6 Å². The molecule has 7 N–H and O–H groups in total. The Hall–Kier alpha value is -3.38. The number of hydrogen-bond acceptors (Lipinski definition) is 12. The molecule has 1 radical (unpaired) electrons. The largest absolute Gasteiger partial charge is 0.478 e. The molecule has 5 heterocycles. The van der Waals surface area contributed by atoms with Crippen LogP contribution in [0.2, 0.25) is 0 Å². The molecular formula is C27H23Br2N6O8Y-. The first-order chi connectivity index (χ1) is 20.4. The van der Waals surface area contributed by atoms with Gasteiger partial charge in [-0.2, -0.15) is 0 Å². The zero-order valence-electron chi connectivity index (χ0n) is 22.4. The molecule has 17 heteroatoms. The second kappa shape index (κ2) is 19.1. The predicted octanol–water partition coefficient (Wildman–Crippen LogP) is 2.54. The Kier molecular flexibility index (Phi) is 16.8. The van der Waals surface area contributed by atoms with Gasteiger partial charge in [-0.25, -0.2) is 36.7 Å². The van der Waals surface area contributed by atoms with Crippen LogP contribution in [0.4, 0.5) is 5.82 Å². The molecule has 0 spiro atoms. The van der Waals surface area contributed by atoms with Crippen LogP contribution in [0.5, 0.6) is 0 Å². The van der Waals surface area contributed by atoms with Crippen LogP contribution in [0.15, 0.2) is 76.3 Å². The number of aromatic nitrogens is 5. The van der Waals surface area contributed by atoms with E-state index in [1.165, 1.54) is 24.7 Å². The standard InChI is InChI=1S/C9H5BrN2O2.C9H5N2O2.C5H5BrN2.C4H8O4.Y/c10-7-2-5-1-6(9(13)14)3-11-8(5)12-4-7;12-9(13)7-4-6-2-1-3-10-8(6)11-5-7;6-4-1-2-5(7)8-3-4;5-1-4(8,2-6)3-7;/h1-4H,(H,13,14);2-5H,(H,12,13);1-3H,(H2,7,8);1,6-8H,2-3H2;/q;-1;;;.